The number of piperidine rings is 1. The van der Waals surface area contributed by atoms with Gasteiger partial charge in [-0.05, 0) is 12.1 Å². The van der Waals surface area contributed by atoms with Crippen molar-refractivity contribution >= 4 is 11.9 Å². The van der Waals surface area contributed by atoms with Gasteiger partial charge in [-0.2, -0.15) is 0 Å². The summed E-state index contributed by atoms with van der Waals surface area (Å²) in [5.41, 5.74) is 0.454. The second kappa shape index (κ2) is 6.66. The van der Waals surface area contributed by atoms with E-state index in [4.69, 9.17) is 19.0 Å². The van der Waals surface area contributed by atoms with Crippen LogP contribution in [0.4, 0.5) is 0 Å². The molecule has 0 amide bonds. The summed E-state index contributed by atoms with van der Waals surface area (Å²) in [6.45, 7) is 1.48. The van der Waals surface area contributed by atoms with E-state index >= 15 is 0 Å². The quantitative estimate of drug-likeness (QED) is 0.769. The third-order valence-corrected chi connectivity index (χ3v) is 4.11. The van der Waals surface area contributed by atoms with Crippen LogP contribution in [0.1, 0.15) is 16.8 Å². The first kappa shape index (κ1) is 15.9. The molecular formula is C16H19NO6. The first-order chi connectivity index (χ1) is 11.1. The zero-order chi connectivity index (χ0) is 16.3. The minimum atomic E-state index is -0.969. The van der Waals surface area contributed by atoms with Gasteiger partial charge in [0.25, 0.3) is 0 Å². The average molecular weight is 321 g/mol. The van der Waals surface area contributed by atoms with Crippen LogP contribution in [0, 0.1) is 5.92 Å². The Hall–Kier alpha value is -1.96. The van der Waals surface area contributed by atoms with Crippen molar-refractivity contribution in [2.75, 3.05) is 33.4 Å². The molecule has 23 heavy (non-hydrogen) atoms. The molecule has 1 spiro atoms. The van der Waals surface area contributed by atoms with Gasteiger partial charge < -0.3 is 19.0 Å². The minimum absolute atomic E-state index is 0.172. The highest BCUT2D eigenvalue weighted by Gasteiger charge is 2.52. The van der Waals surface area contributed by atoms with Gasteiger partial charge >= 0.3 is 11.9 Å². The first-order valence-corrected chi connectivity index (χ1v) is 7.53. The number of hydrogen-bond acceptors (Lipinski definition) is 7. The Morgan fingerprint density at radius 2 is 1.91 bits per heavy atom. The molecule has 2 heterocycles. The van der Waals surface area contributed by atoms with E-state index in [0.29, 0.717) is 31.7 Å². The Labute approximate surface area is 134 Å². The highest BCUT2D eigenvalue weighted by atomic mass is 16.7. The van der Waals surface area contributed by atoms with Crippen LogP contribution in [0.2, 0.25) is 0 Å². The molecule has 1 atom stereocenters. The summed E-state index contributed by atoms with van der Waals surface area (Å²) in [5, 5.41) is 1.47. The van der Waals surface area contributed by atoms with Crippen molar-refractivity contribution < 1.29 is 28.6 Å². The molecule has 1 unspecified atom stereocenters. The van der Waals surface area contributed by atoms with Gasteiger partial charge in [-0.25, -0.2) is 4.79 Å². The summed E-state index contributed by atoms with van der Waals surface area (Å²) in [6, 6.07) is 8.70. The molecule has 7 nitrogen and oxygen atoms in total. The second-order valence-corrected chi connectivity index (χ2v) is 5.47. The molecular weight excluding hydrogens is 302 g/mol. The van der Waals surface area contributed by atoms with Crippen molar-refractivity contribution in [3.63, 3.8) is 0 Å². The zero-order valence-corrected chi connectivity index (χ0v) is 12.9. The number of carbonyl (C=O) groups excluding carboxylic acids is 2. The van der Waals surface area contributed by atoms with Gasteiger partial charge in [-0.1, -0.05) is 18.2 Å². The van der Waals surface area contributed by atoms with Gasteiger partial charge in [0.1, 0.15) is 5.92 Å². The zero-order valence-electron chi connectivity index (χ0n) is 12.9. The largest absolute Gasteiger partial charge is 0.469 e. The van der Waals surface area contributed by atoms with Crippen molar-refractivity contribution in [3.05, 3.63) is 35.9 Å². The molecule has 3 rings (SSSR count). The van der Waals surface area contributed by atoms with Crippen LogP contribution in [0.3, 0.4) is 0 Å². The maximum absolute atomic E-state index is 12.1. The number of nitrogens with zero attached hydrogens (tertiary/aromatic N) is 1. The fourth-order valence-corrected chi connectivity index (χ4v) is 2.93. The van der Waals surface area contributed by atoms with Gasteiger partial charge in [0.2, 0.25) is 0 Å². The number of ether oxygens (including phenoxy) is 3. The normalized spacial score (nSPS) is 23.6. The van der Waals surface area contributed by atoms with E-state index in [0.717, 1.165) is 0 Å². The monoisotopic (exact) mass is 321 g/mol. The van der Waals surface area contributed by atoms with Gasteiger partial charge in [0.05, 0.1) is 32.4 Å². The number of methoxy groups -OCH3 is 1. The predicted molar refractivity (Wildman–Crippen MR) is 78.2 cm³/mol. The van der Waals surface area contributed by atoms with Crippen LogP contribution < -0.4 is 0 Å². The van der Waals surface area contributed by atoms with E-state index in [9.17, 15) is 9.59 Å². The molecule has 0 radical (unpaired) electrons. The molecule has 2 saturated heterocycles. The van der Waals surface area contributed by atoms with Gasteiger partial charge in [-0.15, -0.1) is 5.06 Å². The van der Waals surface area contributed by atoms with Crippen molar-refractivity contribution in [1.29, 1.82) is 0 Å². The summed E-state index contributed by atoms with van der Waals surface area (Å²) >= 11 is 0. The van der Waals surface area contributed by atoms with E-state index in [1.54, 1.807) is 24.3 Å². The molecule has 124 valence electrons. The molecule has 0 N–H and O–H groups in total. The van der Waals surface area contributed by atoms with Crippen LogP contribution >= 0.6 is 0 Å². The molecule has 0 saturated carbocycles. The Kier molecular flexibility index (Phi) is 4.61. The lowest BCUT2D eigenvalue weighted by Gasteiger charge is -2.41. The van der Waals surface area contributed by atoms with Crippen molar-refractivity contribution in [3.8, 4) is 0 Å². The van der Waals surface area contributed by atoms with Crippen LogP contribution in [-0.2, 0) is 23.8 Å². The summed E-state index contributed by atoms with van der Waals surface area (Å²) in [5.74, 6) is -2.53. The molecule has 2 aliphatic heterocycles. The summed E-state index contributed by atoms with van der Waals surface area (Å²) < 4.78 is 16.2. The number of rotatable bonds is 3. The van der Waals surface area contributed by atoms with E-state index in [1.165, 1.54) is 12.2 Å². The Morgan fingerprint density at radius 1 is 1.22 bits per heavy atom. The lowest BCUT2D eigenvalue weighted by atomic mass is 9.91. The minimum Gasteiger partial charge on any atom is -0.469 e. The van der Waals surface area contributed by atoms with Crippen molar-refractivity contribution in [2.24, 2.45) is 5.92 Å². The molecule has 1 aromatic carbocycles. The summed E-state index contributed by atoms with van der Waals surface area (Å²) in [7, 11) is 1.32. The number of esters is 1. The highest BCUT2D eigenvalue weighted by Crippen LogP contribution is 2.37. The Balaban J connectivity index is 1.69. The lowest BCUT2D eigenvalue weighted by Crippen LogP contribution is -2.56. The predicted octanol–water partition coefficient (Wildman–Crippen LogP) is 0.996. The van der Waals surface area contributed by atoms with E-state index in [-0.39, 0.29) is 6.54 Å². The summed E-state index contributed by atoms with van der Waals surface area (Å²) in [4.78, 5) is 29.6. The molecule has 0 aromatic heterocycles. The van der Waals surface area contributed by atoms with E-state index in [1.807, 2.05) is 6.07 Å². The van der Waals surface area contributed by atoms with Gasteiger partial charge in [-0.3, -0.25) is 4.79 Å². The fraction of sp³-hybridized carbons (Fsp3) is 0.500. The summed E-state index contributed by atoms with van der Waals surface area (Å²) in [6.07, 6.45) is 0.425. The Morgan fingerprint density at radius 3 is 2.57 bits per heavy atom. The smallest absolute Gasteiger partial charge is 0.357 e. The van der Waals surface area contributed by atoms with Crippen molar-refractivity contribution in [2.45, 2.75) is 12.2 Å². The number of hydrogen-bond donors (Lipinski definition) is 0. The maximum Gasteiger partial charge on any atom is 0.357 e. The van der Waals surface area contributed by atoms with Crippen LogP contribution in [0.25, 0.3) is 0 Å². The standard InChI is InChI=1S/C16H19NO6/c1-20-15(19)13-11-17(8-7-16(13)21-9-10-22-16)23-14(18)12-5-3-2-4-6-12/h2-6,13H,7-11H2,1H3. The third-order valence-electron chi connectivity index (χ3n) is 4.11. The van der Waals surface area contributed by atoms with Crippen LogP contribution in [0.15, 0.2) is 30.3 Å². The molecule has 2 fully saturated rings. The molecule has 1 aromatic rings. The fourth-order valence-electron chi connectivity index (χ4n) is 2.93. The van der Waals surface area contributed by atoms with E-state index < -0.39 is 23.6 Å². The third kappa shape index (κ3) is 3.21. The second-order valence-electron chi connectivity index (χ2n) is 5.47. The van der Waals surface area contributed by atoms with Crippen molar-refractivity contribution in [1.82, 2.24) is 5.06 Å². The topological polar surface area (TPSA) is 74.3 Å². The van der Waals surface area contributed by atoms with E-state index in [2.05, 4.69) is 0 Å². The molecule has 0 aliphatic carbocycles. The number of carbonyl (C=O) groups is 2. The molecule has 7 heteroatoms. The maximum atomic E-state index is 12.1. The first-order valence-electron chi connectivity index (χ1n) is 7.53. The molecule has 0 bridgehead atoms. The van der Waals surface area contributed by atoms with Gasteiger partial charge in [0.15, 0.2) is 5.79 Å². The average Bonchev–Trinajstić information content (AvgIpc) is 3.06. The SMILES string of the molecule is COC(=O)C1CN(OC(=O)c2ccccc2)CCC12OCCO2. The number of hydroxylamine groups is 2. The van der Waals surface area contributed by atoms with Crippen LogP contribution in [0.5, 0.6) is 0 Å². The Bertz CT molecular complexity index is 569. The highest BCUT2D eigenvalue weighted by molar-refractivity contribution is 5.89. The lowest BCUT2D eigenvalue weighted by molar-refractivity contribution is -0.257. The number of benzene rings is 1. The molecule has 2 aliphatic rings. The van der Waals surface area contributed by atoms with Crippen LogP contribution in [-0.4, -0.2) is 56.2 Å². The van der Waals surface area contributed by atoms with Gasteiger partial charge in [0, 0.05) is 13.0 Å².